The van der Waals surface area contributed by atoms with Gasteiger partial charge >= 0.3 is 12.0 Å². The van der Waals surface area contributed by atoms with Crippen LogP contribution in [-0.2, 0) is 27.2 Å². The molecule has 1 aromatic carbocycles. The van der Waals surface area contributed by atoms with Gasteiger partial charge in [-0.1, -0.05) is 0 Å². The molecule has 11 heteroatoms. The maximum atomic E-state index is 13.5. The molecule has 0 atom stereocenters. The summed E-state index contributed by atoms with van der Waals surface area (Å²) < 4.78 is 18.1. The quantitative estimate of drug-likeness (QED) is 0.275. The molecule has 3 aromatic rings. The summed E-state index contributed by atoms with van der Waals surface area (Å²) in [7, 11) is 0. The second kappa shape index (κ2) is 9.98. The van der Waals surface area contributed by atoms with Gasteiger partial charge in [-0.15, -0.1) is 11.3 Å². The highest BCUT2D eigenvalue weighted by molar-refractivity contribution is 7.15. The van der Waals surface area contributed by atoms with E-state index in [2.05, 4.69) is 5.32 Å². The van der Waals surface area contributed by atoms with Gasteiger partial charge in [0.2, 0.25) is 6.79 Å². The molecule has 2 aromatic heterocycles. The predicted molar refractivity (Wildman–Crippen MR) is 147 cm³/mol. The number of urea groups is 1. The van der Waals surface area contributed by atoms with E-state index in [1.54, 1.807) is 30.4 Å². The van der Waals surface area contributed by atoms with E-state index in [4.69, 9.17) is 14.2 Å². The molecular weight excluding hydrogens is 534 g/mol. The van der Waals surface area contributed by atoms with Gasteiger partial charge in [-0.25, -0.2) is 14.5 Å². The number of hydrogen-bond acceptors (Lipinski definition) is 8. The Balaban J connectivity index is 1.41. The first-order chi connectivity index (χ1) is 19.3. The Morgan fingerprint density at radius 3 is 2.67 bits per heavy atom. The molecule has 1 saturated heterocycles. The van der Waals surface area contributed by atoms with Gasteiger partial charge in [-0.05, 0) is 81.9 Å². The Kier molecular flexibility index (Phi) is 6.46. The van der Waals surface area contributed by atoms with Crippen molar-refractivity contribution in [3.05, 3.63) is 62.8 Å². The van der Waals surface area contributed by atoms with E-state index in [0.29, 0.717) is 22.6 Å². The number of imide groups is 2. The minimum Gasteiger partial charge on any atom is -0.462 e. The highest BCUT2D eigenvalue weighted by Gasteiger charge is 2.38. The first-order valence-electron chi connectivity index (χ1n) is 13.1. The number of carbonyl (C=O) groups excluding carboxylic acids is 4. The second-order valence-electron chi connectivity index (χ2n) is 9.77. The fourth-order valence-electron chi connectivity index (χ4n) is 5.44. The molecule has 4 heterocycles. The van der Waals surface area contributed by atoms with Crippen molar-refractivity contribution in [1.29, 1.82) is 0 Å². The van der Waals surface area contributed by atoms with E-state index in [9.17, 15) is 19.2 Å². The van der Waals surface area contributed by atoms with E-state index in [1.807, 2.05) is 24.5 Å². The zero-order valence-electron chi connectivity index (χ0n) is 22.3. The first kappa shape index (κ1) is 25.9. The lowest BCUT2D eigenvalue weighted by Crippen LogP contribution is -2.54. The Labute approximate surface area is 234 Å². The molecule has 0 bridgehead atoms. The summed E-state index contributed by atoms with van der Waals surface area (Å²) in [6.07, 6.45) is 5.33. The third-order valence-electron chi connectivity index (χ3n) is 7.32. The zero-order chi connectivity index (χ0) is 28.1. The van der Waals surface area contributed by atoms with Crippen LogP contribution in [0.2, 0.25) is 0 Å². The minimum absolute atomic E-state index is 0.0449. The number of thiophene rings is 1. The van der Waals surface area contributed by atoms with Gasteiger partial charge in [0.25, 0.3) is 11.8 Å². The van der Waals surface area contributed by atoms with Crippen LogP contribution in [0, 0.1) is 13.8 Å². The number of amides is 4. The summed E-state index contributed by atoms with van der Waals surface area (Å²) in [5.74, 6) is -0.971. The lowest BCUT2D eigenvalue weighted by molar-refractivity contribution is -0.122. The van der Waals surface area contributed by atoms with Gasteiger partial charge in [0.15, 0.2) is 11.5 Å². The number of hydrogen-bond donors (Lipinski definition) is 1. The molecule has 3 aliphatic rings. The summed E-state index contributed by atoms with van der Waals surface area (Å²) in [5.41, 5.74) is 3.91. The zero-order valence-corrected chi connectivity index (χ0v) is 23.1. The number of aryl methyl sites for hydroxylation is 2. The summed E-state index contributed by atoms with van der Waals surface area (Å²) in [6, 6.07) is 5.69. The Morgan fingerprint density at radius 1 is 1.10 bits per heavy atom. The van der Waals surface area contributed by atoms with Crippen LogP contribution in [0.15, 0.2) is 29.8 Å². The van der Waals surface area contributed by atoms with Crippen molar-refractivity contribution in [1.82, 2.24) is 9.88 Å². The minimum atomic E-state index is -0.847. The SMILES string of the molecule is CCOC(=O)c1c(-n2c(C)cc(/C=C3/C(=O)NC(=O)N(c4ccc5c(c4)OCO5)C3=O)c2C)sc2c1CCCC2. The molecule has 1 N–H and O–H groups in total. The number of carbonyl (C=O) groups is 4. The number of aromatic nitrogens is 1. The number of benzene rings is 1. The molecule has 0 spiro atoms. The monoisotopic (exact) mass is 561 g/mol. The van der Waals surface area contributed by atoms with E-state index < -0.39 is 17.8 Å². The van der Waals surface area contributed by atoms with Crippen molar-refractivity contribution in [3.63, 3.8) is 0 Å². The average Bonchev–Trinajstić information content (AvgIpc) is 3.61. The Morgan fingerprint density at radius 2 is 1.88 bits per heavy atom. The lowest BCUT2D eigenvalue weighted by Gasteiger charge is -2.26. The molecule has 1 fully saturated rings. The number of anilines is 1. The van der Waals surface area contributed by atoms with Crippen LogP contribution in [0.25, 0.3) is 11.1 Å². The summed E-state index contributed by atoms with van der Waals surface area (Å²) in [4.78, 5) is 54.2. The van der Waals surface area contributed by atoms with Crippen molar-refractivity contribution in [3.8, 4) is 16.5 Å². The molecule has 0 unspecified atom stereocenters. The van der Waals surface area contributed by atoms with E-state index in [1.165, 1.54) is 17.0 Å². The smallest absolute Gasteiger partial charge is 0.341 e. The van der Waals surface area contributed by atoms with Gasteiger partial charge in [0.1, 0.15) is 10.6 Å². The van der Waals surface area contributed by atoms with Crippen molar-refractivity contribution in [2.75, 3.05) is 18.3 Å². The standard InChI is InChI=1S/C29H27N3O7S/c1-4-37-28(35)24-19-7-5-6-8-23(19)40-27(24)31-15(2)11-17(16(31)3)12-20-25(33)30-29(36)32(26(20)34)18-9-10-21-22(13-18)39-14-38-21/h9-13H,4-8,14H2,1-3H3,(H,30,33,36)/b20-12-. The number of nitrogens with zero attached hydrogens (tertiary/aromatic N) is 2. The molecule has 40 heavy (non-hydrogen) atoms. The van der Waals surface area contributed by atoms with Gasteiger partial charge in [-0.3, -0.25) is 14.9 Å². The van der Waals surface area contributed by atoms with E-state index >= 15 is 0 Å². The number of ether oxygens (including phenoxy) is 3. The number of nitrogens with one attached hydrogen (secondary N) is 1. The molecule has 4 amide bonds. The number of rotatable bonds is 5. The summed E-state index contributed by atoms with van der Waals surface area (Å²) in [6.45, 7) is 5.90. The van der Waals surface area contributed by atoms with Gasteiger partial charge in [0, 0.05) is 22.3 Å². The van der Waals surface area contributed by atoms with Gasteiger partial charge in [0.05, 0.1) is 17.9 Å². The third kappa shape index (κ3) is 4.17. The fourth-order valence-corrected chi connectivity index (χ4v) is 6.93. The Bertz CT molecular complexity index is 1630. The van der Waals surface area contributed by atoms with Crippen LogP contribution in [0.3, 0.4) is 0 Å². The highest BCUT2D eigenvalue weighted by atomic mass is 32.1. The maximum Gasteiger partial charge on any atom is 0.341 e. The topological polar surface area (TPSA) is 116 Å². The molecular formula is C29H27N3O7S. The van der Waals surface area contributed by atoms with Crippen molar-refractivity contribution < 1.29 is 33.4 Å². The van der Waals surface area contributed by atoms with Crippen molar-refractivity contribution in [2.45, 2.75) is 46.5 Å². The van der Waals surface area contributed by atoms with Crippen LogP contribution in [-0.4, -0.2) is 41.8 Å². The Hall–Kier alpha value is -4.38. The second-order valence-corrected chi connectivity index (χ2v) is 10.9. The van der Waals surface area contributed by atoms with Gasteiger partial charge in [-0.2, -0.15) is 0 Å². The molecule has 0 saturated carbocycles. The largest absolute Gasteiger partial charge is 0.462 e. The van der Waals surface area contributed by atoms with Crippen molar-refractivity contribution in [2.24, 2.45) is 0 Å². The first-order valence-corrected chi connectivity index (χ1v) is 13.9. The number of esters is 1. The van der Waals surface area contributed by atoms with Crippen LogP contribution < -0.4 is 19.7 Å². The molecule has 0 radical (unpaired) electrons. The summed E-state index contributed by atoms with van der Waals surface area (Å²) in [5, 5.41) is 3.04. The lowest BCUT2D eigenvalue weighted by atomic mass is 9.95. The van der Waals surface area contributed by atoms with Crippen molar-refractivity contribution >= 4 is 46.9 Å². The molecule has 206 valence electrons. The highest BCUT2D eigenvalue weighted by Crippen LogP contribution is 2.40. The van der Waals surface area contributed by atoms with Crippen LogP contribution in [0.1, 0.15) is 57.5 Å². The molecule has 10 nitrogen and oxygen atoms in total. The van der Waals surface area contributed by atoms with Gasteiger partial charge < -0.3 is 18.8 Å². The molecule has 2 aliphatic heterocycles. The predicted octanol–water partition coefficient (Wildman–Crippen LogP) is 4.61. The summed E-state index contributed by atoms with van der Waals surface area (Å²) >= 11 is 1.59. The molecule has 1 aliphatic carbocycles. The third-order valence-corrected chi connectivity index (χ3v) is 8.60. The van der Waals surface area contributed by atoms with Crippen LogP contribution in [0.5, 0.6) is 11.5 Å². The van der Waals surface area contributed by atoms with Crippen LogP contribution >= 0.6 is 11.3 Å². The number of barbiturate groups is 1. The number of fused-ring (bicyclic) bond motifs is 2. The van der Waals surface area contributed by atoms with Crippen LogP contribution in [0.4, 0.5) is 10.5 Å². The van der Waals surface area contributed by atoms with E-state index in [0.717, 1.165) is 52.5 Å². The maximum absolute atomic E-state index is 13.5. The average molecular weight is 562 g/mol. The van der Waals surface area contributed by atoms with E-state index in [-0.39, 0.29) is 30.6 Å². The fraction of sp³-hybridized carbons (Fsp3) is 0.310. The normalized spacial score (nSPS) is 17.3. The molecule has 6 rings (SSSR count).